The van der Waals surface area contributed by atoms with Crippen LogP contribution in [-0.4, -0.2) is 22.3 Å². The Hall–Kier alpha value is -2.27. The number of nitrogens with one attached hydrogen (secondary N) is 1. The fourth-order valence-electron chi connectivity index (χ4n) is 2.58. The van der Waals surface area contributed by atoms with Crippen molar-refractivity contribution in [3.63, 3.8) is 0 Å². The Morgan fingerprint density at radius 1 is 1.33 bits per heavy atom. The van der Waals surface area contributed by atoms with Crippen LogP contribution in [0.1, 0.15) is 32.0 Å². The van der Waals surface area contributed by atoms with Gasteiger partial charge in [0.1, 0.15) is 18.2 Å². The zero-order chi connectivity index (χ0) is 17.5. The number of carbonyl (C=O) groups excluding carboxylic acids is 1. The quantitative estimate of drug-likeness (QED) is 0.894. The van der Waals surface area contributed by atoms with Crippen LogP contribution in [0, 0.1) is 6.92 Å². The smallest absolute Gasteiger partial charge is 0.256 e. The number of anilines is 1. The summed E-state index contributed by atoms with van der Waals surface area (Å²) in [5.41, 5.74) is 1.98. The SMILES string of the molecule is Cc1cc(NC(=O)C2=Cc3cc(Cl)ccc3OC2)n(C(C)(C)C)n1. The summed E-state index contributed by atoms with van der Waals surface area (Å²) in [6, 6.07) is 7.22. The molecule has 0 spiro atoms. The molecule has 0 atom stereocenters. The summed E-state index contributed by atoms with van der Waals surface area (Å²) in [7, 11) is 0. The molecule has 1 N–H and O–H groups in total. The van der Waals surface area contributed by atoms with Crippen LogP contribution in [0.25, 0.3) is 6.08 Å². The lowest BCUT2D eigenvalue weighted by molar-refractivity contribution is -0.113. The number of aryl methyl sites for hydroxylation is 1. The number of rotatable bonds is 2. The van der Waals surface area contributed by atoms with Crippen molar-refractivity contribution in [3.8, 4) is 5.75 Å². The number of amides is 1. The predicted octanol–water partition coefficient (Wildman–Crippen LogP) is 4.01. The maximum atomic E-state index is 12.6. The molecule has 1 aliphatic heterocycles. The van der Waals surface area contributed by atoms with Gasteiger partial charge >= 0.3 is 0 Å². The number of aromatic nitrogens is 2. The Morgan fingerprint density at radius 3 is 2.79 bits per heavy atom. The molecule has 24 heavy (non-hydrogen) atoms. The highest BCUT2D eigenvalue weighted by Crippen LogP contribution is 2.29. The van der Waals surface area contributed by atoms with Crippen molar-refractivity contribution in [1.29, 1.82) is 0 Å². The Bertz CT molecular complexity index is 831. The zero-order valence-corrected chi connectivity index (χ0v) is 14.9. The number of ether oxygens (including phenoxy) is 1. The summed E-state index contributed by atoms with van der Waals surface area (Å²) < 4.78 is 7.46. The highest BCUT2D eigenvalue weighted by Gasteiger charge is 2.22. The molecule has 0 saturated heterocycles. The van der Waals surface area contributed by atoms with E-state index in [9.17, 15) is 4.79 Å². The number of carbonyl (C=O) groups is 1. The molecule has 5 nitrogen and oxygen atoms in total. The van der Waals surface area contributed by atoms with Gasteiger partial charge in [0, 0.05) is 16.7 Å². The van der Waals surface area contributed by atoms with Gasteiger partial charge in [-0.25, -0.2) is 4.68 Å². The molecular weight excluding hydrogens is 326 g/mol. The molecule has 6 heteroatoms. The van der Waals surface area contributed by atoms with Crippen LogP contribution in [0.2, 0.25) is 5.02 Å². The largest absolute Gasteiger partial charge is 0.488 e. The fourth-order valence-corrected chi connectivity index (χ4v) is 2.76. The molecule has 2 heterocycles. The molecule has 1 aromatic heterocycles. The van der Waals surface area contributed by atoms with Gasteiger partial charge in [0.25, 0.3) is 5.91 Å². The molecule has 1 aliphatic rings. The number of hydrogen-bond donors (Lipinski definition) is 1. The number of nitrogens with zero attached hydrogens (tertiary/aromatic N) is 2. The minimum absolute atomic E-state index is 0.203. The van der Waals surface area contributed by atoms with E-state index in [0.717, 1.165) is 17.0 Å². The second-order valence-electron chi connectivity index (χ2n) is 6.85. The number of fused-ring (bicyclic) bond motifs is 1. The van der Waals surface area contributed by atoms with Crippen LogP contribution in [0.4, 0.5) is 5.82 Å². The molecule has 3 rings (SSSR count). The first-order valence-corrected chi connectivity index (χ1v) is 8.13. The third-order valence-electron chi connectivity index (χ3n) is 3.68. The predicted molar refractivity (Wildman–Crippen MR) is 95.5 cm³/mol. The number of hydrogen-bond acceptors (Lipinski definition) is 3. The van der Waals surface area contributed by atoms with Crippen molar-refractivity contribution in [2.45, 2.75) is 33.2 Å². The Balaban J connectivity index is 1.87. The third kappa shape index (κ3) is 3.31. The molecule has 126 valence electrons. The second kappa shape index (κ2) is 5.98. The molecule has 0 fully saturated rings. The Kier molecular flexibility index (Phi) is 4.13. The van der Waals surface area contributed by atoms with Crippen molar-refractivity contribution >= 4 is 29.4 Å². The van der Waals surface area contributed by atoms with Gasteiger partial charge < -0.3 is 10.1 Å². The molecule has 0 bridgehead atoms. The maximum absolute atomic E-state index is 12.6. The lowest BCUT2D eigenvalue weighted by Crippen LogP contribution is -2.28. The van der Waals surface area contributed by atoms with Gasteiger partial charge in [-0.05, 0) is 52.0 Å². The molecule has 0 radical (unpaired) electrons. The van der Waals surface area contributed by atoms with Crippen molar-refractivity contribution in [2.24, 2.45) is 0 Å². The molecule has 0 saturated carbocycles. The molecule has 2 aromatic rings. The van der Waals surface area contributed by atoms with Crippen molar-refractivity contribution in [1.82, 2.24) is 9.78 Å². The first-order chi connectivity index (χ1) is 11.2. The molecular formula is C18H20ClN3O2. The van der Waals surface area contributed by atoms with E-state index in [2.05, 4.69) is 10.4 Å². The van der Waals surface area contributed by atoms with E-state index in [1.54, 1.807) is 18.2 Å². The van der Waals surface area contributed by atoms with Crippen LogP contribution in [0.15, 0.2) is 29.8 Å². The van der Waals surface area contributed by atoms with Crippen LogP contribution >= 0.6 is 11.6 Å². The normalized spacial score (nSPS) is 13.8. The molecule has 1 amide bonds. The van der Waals surface area contributed by atoms with E-state index in [1.165, 1.54) is 0 Å². The van der Waals surface area contributed by atoms with Crippen LogP contribution < -0.4 is 10.1 Å². The number of benzene rings is 1. The molecule has 0 aliphatic carbocycles. The summed E-state index contributed by atoms with van der Waals surface area (Å²) in [6.45, 7) is 8.24. The molecule has 1 aromatic carbocycles. The fraction of sp³-hybridized carbons (Fsp3) is 0.333. The summed E-state index contributed by atoms with van der Waals surface area (Å²) in [5, 5.41) is 8.00. The van der Waals surface area contributed by atoms with Crippen LogP contribution in [0.5, 0.6) is 5.75 Å². The minimum atomic E-state index is -0.228. The first kappa shape index (κ1) is 16.6. The summed E-state index contributed by atoms with van der Waals surface area (Å²) >= 11 is 6.01. The lowest BCUT2D eigenvalue weighted by atomic mass is 10.1. The average molecular weight is 346 g/mol. The summed E-state index contributed by atoms with van der Waals surface area (Å²) in [4.78, 5) is 12.6. The summed E-state index contributed by atoms with van der Waals surface area (Å²) in [6.07, 6.45) is 1.81. The van der Waals surface area contributed by atoms with Gasteiger partial charge in [-0.15, -0.1) is 0 Å². The van der Waals surface area contributed by atoms with Gasteiger partial charge in [0.15, 0.2) is 0 Å². The third-order valence-corrected chi connectivity index (χ3v) is 3.92. The van der Waals surface area contributed by atoms with Gasteiger partial charge in [-0.3, -0.25) is 4.79 Å². The average Bonchev–Trinajstić information content (AvgIpc) is 2.87. The van der Waals surface area contributed by atoms with Crippen molar-refractivity contribution in [2.75, 3.05) is 11.9 Å². The van der Waals surface area contributed by atoms with Crippen LogP contribution in [-0.2, 0) is 10.3 Å². The van der Waals surface area contributed by atoms with Gasteiger partial charge in [-0.2, -0.15) is 5.10 Å². The van der Waals surface area contributed by atoms with E-state index < -0.39 is 0 Å². The standard InChI is InChI=1S/C18H20ClN3O2/c1-11-7-16(22(21-11)18(2,3)4)20-17(23)13-8-12-9-14(19)5-6-15(12)24-10-13/h5-9H,10H2,1-4H3,(H,20,23). The monoisotopic (exact) mass is 345 g/mol. The minimum Gasteiger partial charge on any atom is -0.488 e. The van der Waals surface area contributed by atoms with Crippen molar-refractivity contribution in [3.05, 3.63) is 46.1 Å². The second-order valence-corrected chi connectivity index (χ2v) is 7.28. The van der Waals surface area contributed by atoms with Crippen molar-refractivity contribution < 1.29 is 9.53 Å². The molecule has 0 unspecified atom stereocenters. The first-order valence-electron chi connectivity index (χ1n) is 7.75. The topological polar surface area (TPSA) is 56.1 Å². The summed E-state index contributed by atoms with van der Waals surface area (Å²) in [5.74, 6) is 1.19. The Morgan fingerprint density at radius 2 is 2.08 bits per heavy atom. The van der Waals surface area contributed by atoms with E-state index >= 15 is 0 Å². The highest BCUT2D eigenvalue weighted by molar-refractivity contribution is 6.30. The number of halogens is 1. The van der Waals surface area contributed by atoms with E-state index in [1.807, 2.05) is 44.5 Å². The van der Waals surface area contributed by atoms with Crippen LogP contribution in [0.3, 0.4) is 0 Å². The van der Waals surface area contributed by atoms with Gasteiger partial charge in [0.2, 0.25) is 0 Å². The van der Waals surface area contributed by atoms with E-state index in [0.29, 0.717) is 16.4 Å². The highest BCUT2D eigenvalue weighted by atomic mass is 35.5. The zero-order valence-electron chi connectivity index (χ0n) is 14.2. The van der Waals surface area contributed by atoms with E-state index in [-0.39, 0.29) is 18.1 Å². The maximum Gasteiger partial charge on any atom is 0.256 e. The van der Waals surface area contributed by atoms with Gasteiger partial charge in [-0.1, -0.05) is 11.6 Å². The lowest BCUT2D eigenvalue weighted by Gasteiger charge is -2.23. The van der Waals surface area contributed by atoms with E-state index in [4.69, 9.17) is 16.3 Å². The Labute approximate surface area is 146 Å². The van der Waals surface area contributed by atoms with Gasteiger partial charge in [0.05, 0.1) is 16.8 Å².